The van der Waals surface area contributed by atoms with Crippen LogP contribution in [0.2, 0.25) is 0 Å². The van der Waals surface area contributed by atoms with Gasteiger partial charge in [-0.05, 0) is 12.8 Å². The number of rotatable bonds is 0. The maximum Gasteiger partial charge on any atom is 0.127 e. The predicted molar refractivity (Wildman–Crippen MR) is 28.1 cm³/mol. The SMILES string of the molecule is N[C@@H]1CC[C@H](F)C1O. The molecule has 3 N–H and O–H groups in total. The first-order chi connectivity index (χ1) is 3.72. The molecule has 0 bridgehead atoms. The van der Waals surface area contributed by atoms with Crippen LogP contribution in [0.5, 0.6) is 0 Å². The van der Waals surface area contributed by atoms with Gasteiger partial charge in [0.05, 0.1) is 0 Å². The van der Waals surface area contributed by atoms with Crippen LogP contribution in [0, 0.1) is 0 Å². The molecule has 3 atom stereocenters. The van der Waals surface area contributed by atoms with Gasteiger partial charge in [0.25, 0.3) is 0 Å². The Hall–Kier alpha value is -0.150. The van der Waals surface area contributed by atoms with Crippen LogP contribution in [-0.4, -0.2) is 23.4 Å². The lowest BCUT2D eigenvalue weighted by molar-refractivity contribution is 0.0917. The van der Waals surface area contributed by atoms with E-state index in [1.54, 1.807) is 0 Å². The smallest absolute Gasteiger partial charge is 0.127 e. The molecule has 1 aliphatic carbocycles. The van der Waals surface area contributed by atoms with E-state index >= 15 is 0 Å². The van der Waals surface area contributed by atoms with Crippen molar-refractivity contribution in [2.75, 3.05) is 0 Å². The van der Waals surface area contributed by atoms with Crippen molar-refractivity contribution in [3.8, 4) is 0 Å². The lowest BCUT2D eigenvalue weighted by Gasteiger charge is -2.07. The van der Waals surface area contributed by atoms with E-state index in [0.29, 0.717) is 12.8 Å². The maximum absolute atomic E-state index is 12.2. The molecule has 0 aromatic carbocycles. The van der Waals surface area contributed by atoms with Gasteiger partial charge in [0.15, 0.2) is 0 Å². The van der Waals surface area contributed by atoms with E-state index in [1.165, 1.54) is 0 Å². The van der Waals surface area contributed by atoms with Crippen molar-refractivity contribution in [2.24, 2.45) is 5.73 Å². The second-order valence-corrected chi connectivity index (χ2v) is 2.25. The first-order valence-corrected chi connectivity index (χ1v) is 2.79. The van der Waals surface area contributed by atoms with Crippen molar-refractivity contribution in [2.45, 2.75) is 31.2 Å². The molecule has 0 amide bonds. The van der Waals surface area contributed by atoms with Crippen molar-refractivity contribution in [3.05, 3.63) is 0 Å². The highest BCUT2D eigenvalue weighted by Gasteiger charge is 2.31. The Balaban J connectivity index is 2.44. The second-order valence-electron chi connectivity index (χ2n) is 2.25. The van der Waals surface area contributed by atoms with Gasteiger partial charge in [0.1, 0.15) is 12.3 Å². The zero-order chi connectivity index (χ0) is 6.15. The Kier molecular flexibility index (Phi) is 1.49. The number of aliphatic hydroxyl groups is 1. The third-order valence-electron chi connectivity index (χ3n) is 1.59. The largest absolute Gasteiger partial charge is 0.388 e. The topological polar surface area (TPSA) is 46.2 Å². The van der Waals surface area contributed by atoms with Crippen LogP contribution in [0.4, 0.5) is 4.39 Å². The van der Waals surface area contributed by atoms with Crippen LogP contribution in [-0.2, 0) is 0 Å². The standard InChI is InChI=1S/C5H10FNO/c6-3-1-2-4(7)5(3)8/h3-5,8H,1-2,7H2/t3-,4+,5?/m0/s1. The summed E-state index contributed by atoms with van der Waals surface area (Å²) in [7, 11) is 0. The summed E-state index contributed by atoms with van der Waals surface area (Å²) in [4.78, 5) is 0. The monoisotopic (exact) mass is 119 g/mol. The maximum atomic E-state index is 12.2. The van der Waals surface area contributed by atoms with Gasteiger partial charge in [-0.25, -0.2) is 4.39 Å². The molecule has 0 aromatic heterocycles. The molecule has 3 heteroatoms. The summed E-state index contributed by atoms with van der Waals surface area (Å²) in [6.07, 6.45) is -0.954. The Labute approximate surface area is 47.5 Å². The molecule has 1 aliphatic rings. The number of hydrogen-bond acceptors (Lipinski definition) is 2. The lowest BCUT2D eigenvalue weighted by atomic mass is 10.2. The third kappa shape index (κ3) is 0.833. The third-order valence-corrected chi connectivity index (χ3v) is 1.59. The summed E-state index contributed by atoms with van der Waals surface area (Å²) < 4.78 is 12.2. The van der Waals surface area contributed by atoms with Crippen LogP contribution < -0.4 is 5.73 Å². The molecule has 1 fully saturated rings. The number of alkyl halides is 1. The first-order valence-electron chi connectivity index (χ1n) is 2.79. The molecule has 1 unspecified atom stereocenters. The number of hydrogen-bond donors (Lipinski definition) is 2. The zero-order valence-corrected chi connectivity index (χ0v) is 4.55. The minimum absolute atomic E-state index is 0.329. The van der Waals surface area contributed by atoms with Crippen molar-refractivity contribution >= 4 is 0 Å². The number of halogens is 1. The summed E-state index contributed by atoms with van der Waals surface area (Å²) in [5, 5.41) is 8.77. The lowest BCUT2D eigenvalue weighted by Crippen LogP contribution is -2.33. The van der Waals surface area contributed by atoms with E-state index in [2.05, 4.69) is 0 Å². The highest BCUT2D eigenvalue weighted by molar-refractivity contribution is 4.86. The van der Waals surface area contributed by atoms with Crippen molar-refractivity contribution in [1.29, 1.82) is 0 Å². The first kappa shape index (κ1) is 5.98. The normalized spacial score (nSPS) is 47.6. The van der Waals surface area contributed by atoms with Crippen LogP contribution >= 0.6 is 0 Å². The summed E-state index contributed by atoms with van der Waals surface area (Å²) in [6, 6.07) is -0.329. The Morgan fingerprint density at radius 2 is 2.12 bits per heavy atom. The van der Waals surface area contributed by atoms with Gasteiger partial charge in [-0.1, -0.05) is 0 Å². The van der Waals surface area contributed by atoms with E-state index in [-0.39, 0.29) is 6.04 Å². The Bertz CT molecular complexity index is 78.5. The summed E-state index contributed by atoms with van der Waals surface area (Å²) in [5.74, 6) is 0. The zero-order valence-electron chi connectivity index (χ0n) is 4.55. The van der Waals surface area contributed by atoms with Gasteiger partial charge in [-0.15, -0.1) is 0 Å². The molecular weight excluding hydrogens is 109 g/mol. The molecule has 0 spiro atoms. The van der Waals surface area contributed by atoms with E-state index in [4.69, 9.17) is 10.8 Å². The molecule has 0 aliphatic heterocycles. The summed E-state index contributed by atoms with van der Waals surface area (Å²) >= 11 is 0. The molecule has 1 rings (SSSR count). The molecule has 0 heterocycles. The van der Waals surface area contributed by atoms with Crippen molar-refractivity contribution in [1.82, 2.24) is 0 Å². The van der Waals surface area contributed by atoms with Crippen LogP contribution in [0.25, 0.3) is 0 Å². The van der Waals surface area contributed by atoms with E-state index in [0.717, 1.165) is 0 Å². The quantitative estimate of drug-likeness (QED) is 0.464. The molecule has 48 valence electrons. The number of nitrogens with two attached hydrogens (primary N) is 1. The van der Waals surface area contributed by atoms with Crippen LogP contribution in [0.1, 0.15) is 12.8 Å². The van der Waals surface area contributed by atoms with Gasteiger partial charge < -0.3 is 10.8 Å². The molecule has 0 aromatic rings. The highest BCUT2D eigenvalue weighted by atomic mass is 19.1. The van der Waals surface area contributed by atoms with Gasteiger partial charge in [0.2, 0.25) is 0 Å². The Morgan fingerprint density at radius 1 is 1.50 bits per heavy atom. The van der Waals surface area contributed by atoms with Gasteiger partial charge >= 0.3 is 0 Å². The fourth-order valence-corrected chi connectivity index (χ4v) is 0.961. The molecule has 2 nitrogen and oxygen atoms in total. The average Bonchev–Trinajstić information content (AvgIpc) is 1.98. The fraction of sp³-hybridized carbons (Fsp3) is 1.00. The van der Waals surface area contributed by atoms with Crippen LogP contribution in [0.3, 0.4) is 0 Å². The predicted octanol–water partition coefficient (Wildman–Crippen LogP) is -0.193. The van der Waals surface area contributed by atoms with Gasteiger partial charge in [0, 0.05) is 6.04 Å². The van der Waals surface area contributed by atoms with E-state index in [1.807, 2.05) is 0 Å². The molecule has 0 radical (unpaired) electrons. The summed E-state index contributed by atoms with van der Waals surface area (Å²) in [6.45, 7) is 0. The molecule has 0 saturated heterocycles. The summed E-state index contributed by atoms with van der Waals surface area (Å²) in [5.41, 5.74) is 5.28. The van der Waals surface area contributed by atoms with E-state index < -0.39 is 12.3 Å². The van der Waals surface area contributed by atoms with Crippen molar-refractivity contribution < 1.29 is 9.50 Å². The fourth-order valence-electron chi connectivity index (χ4n) is 0.961. The number of aliphatic hydroxyl groups excluding tert-OH is 1. The molecule has 8 heavy (non-hydrogen) atoms. The van der Waals surface area contributed by atoms with Gasteiger partial charge in [-0.2, -0.15) is 0 Å². The Morgan fingerprint density at radius 3 is 2.25 bits per heavy atom. The molecular formula is C5H10FNO. The molecule has 1 saturated carbocycles. The minimum Gasteiger partial charge on any atom is -0.388 e. The van der Waals surface area contributed by atoms with Crippen LogP contribution in [0.15, 0.2) is 0 Å². The van der Waals surface area contributed by atoms with E-state index in [9.17, 15) is 4.39 Å². The van der Waals surface area contributed by atoms with Gasteiger partial charge in [-0.3, -0.25) is 0 Å². The van der Waals surface area contributed by atoms with Crippen molar-refractivity contribution in [3.63, 3.8) is 0 Å². The minimum atomic E-state index is -1.08. The second kappa shape index (κ2) is 1.99. The average molecular weight is 119 g/mol. The highest BCUT2D eigenvalue weighted by Crippen LogP contribution is 2.20.